The van der Waals surface area contributed by atoms with E-state index in [1.165, 1.54) is 49.5 Å². The Labute approximate surface area is 372 Å². The maximum Gasteiger partial charge on any atom is 0.143 e. The van der Waals surface area contributed by atoms with Crippen molar-refractivity contribution in [1.29, 1.82) is 0 Å². The van der Waals surface area contributed by atoms with Crippen LogP contribution < -0.4 is 4.90 Å². The van der Waals surface area contributed by atoms with Gasteiger partial charge >= 0.3 is 0 Å². The van der Waals surface area contributed by atoms with Crippen LogP contribution in [0.3, 0.4) is 0 Å². The lowest BCUT2D eigenvalue weighted by molar-refractivity contribution is 0.673. The first kappa shape index (κ1) is 37.3. The van der Waals surface area contributed by atoms with Crippen LogP contribution >= 0.6 is 0 Å². The smallest absolute Gasteiger partial charge is 0.143 e. The van der Waals surface area contributed by atoms with Crippen molar-refractivity contribution in [3.05, 3.63) is 249 Å². The molecule has 0 aliphatic carbocycles. The average Bonchev–Trinajstić information content (AvgIpc) is 3.78. The number of anilines is 3. The Morgan fingerprint density at radius 1 is 0.250 bits per heavy atom. The van der Waals surface area contributed by atoms with E-state index in [2.05, 4.69) is 254 Å². The minimum atomic E-state index is 0.874. The van der Waals surface area contributed by atoms with Crippen LogP contribution in [0.5, 0.6) is 0 Å². The van der Waals surface area contributed by atoms with Crippen molar-refractivity contribution in [3.63, 3.8) is 0 Å². The van der Waals surface area contributed by atoms with E-state index in [1.807, 2.05) is 0 Å². The van der Waals surface area contributed by atoms with Crippen molar-refractivity contribution in [2.24, 2.45) is 0 Å². The molecule has 0 saturated heterocycles. The molecule has 0 unspecified atom stereocenters. The predicted molar refractivity (Wildman–Crippen MR) is 271 cm³/mol. The molecule has 12 rings (SSSR count). The monoisotopic (exact) mass is 815 g/mol. The third-order valence-corrected chi connectivity index (χ3v) is 12.7. The van der Waals surface area contributed by atoms with Crippen molar-refractivity contribution < 1.29 is 4.42 Å². The highest BCUT2D eigenvalue weighted by Crippen LogP contribution is 2.46. The topological polar surface area (TPSA) is 16.4 Å². The molecule has 64 heavy (non-hydrogen) atoms. The van der Waals surface area contributed by atoms with E-state index < -0.39 is 0 Å². The minimum absolute atomic E-state index is 0.874. The lowest BCUT2D eigenvalue weighted by atomic mass is 9.91. The molecule has 11 aromatic carbocycles. The van der Waals surface area contributed by atoms with E-state index in [4.69, 9.17) is 4.42 Å². The first-order chi connectivity index (χ1) is 31.7. The molecule has 0 N–H and O–H groups in total. The third-order valence-electron chi connectivity index (χ3n) is 12.7. The quantitative estimate of drug-likeness (QED) is 0.142. The fourth-order valence-corrected chi connectivity index (χ4v) is 9.51. The molecular weight excluding hydrogens is 775 g/mol. The number of furan rings is 1. The van der Waals surface area contributed by atoms with Gasteiger partial charge in [-0.3, -0.25) is 0 Å². The highest BCUT2D eigenvalue weighted by Gasteiger charge is 2.21. The summed E-state index contributed by atoms with van der Waals surface area (Å²) in [5.74, 6) is 0. The van der Waals surface area contributed by atoms with Crippen LogP contribution in [0, 0.1) is 0 Å². The number of nitrogens with zero attached hydrogens (tertiary/aromatic N) is 1. The summed E-state index contributed by atoms with van der Waals surface area (Å²) in [6.45, 7) is 0. The van der Waals surface area contributed by atoms with E-state index in [1.54, 1.807) is 0 Å². The molecule has 12 aromatic rings. The van der Waals surface area contributed by atoms with E-state index in [0.717, 1.165) is 66.6 Å². The van der Waals surface area contributed by atoms with E-state index in [0.29, 0.717) is 0 Å². The predicted octanol–water partition coefficient (Wildman–Crippen LogP) is 17.7. The molecule has 0 aliphatic heterocycles. The van der Waals surface area contributed by atoms with E-state index in [9.17, 15) is 0 Å². The van der Waals surface area contributed by atoms with Gasteiger partial charge in [-0.05, 0) is 120 Å². The summed E-state index contributed by atoms with van der Waals surface area (Å²) < 4.78 is 7.04. The molecule has 0 amide bonds. The molecule has 0 atom stereocenters. The molecule has 0 aliphatic rings. The van der Waals surface area contributed by atoms with Gasteiger partial charge in [0.15, 0.2) is 0 Å². The molecule has 0 fully saturated rings. The standard InChI is InChI=1S/C62H41NO/c1-4-14-42(15-5-1)45-24-26-49(27-25-45)58-40-50(41-59-60(58)61-56-22-12-10-20-54(56)55-21-11-13-23-57(55)62(61)64-59)48-32-38-53(39-33-48)63(51-34-28-46(29-35-51)43-16-6-2-7-17-43)52-36-30-47(31-37-52)44-18-8-3-9-19-44/h1-41H. The molecule has 0 bridgehead atoms. The Hall–Kier alpha value is -8.46. The van der Waals surface area contributed by atoms with E-state index in [-0.39, 0.29) is 0 Å². The Balaban J connectivity index is 1.00. The largest absolute Gasteiger partial charge is 0.455 e. The first-order valence-electron chi connectivity index (χ1n) is 21.9. The van der Waals surface area contributed by atoms with Crippen LogP contribution in [-0.2, 0) is 0 Å². The normalized spacial score (nSPS) is 11.4. The van der Waals surface area contributed by atoms with Gasteiger partial charge in [0.25, 0.3) is 0 Å². The molecule has 1 heterocycles. The average molecular weight is 816 g/mol. The van der Waals surface area contributed by atoms with Gasteiger partial charge in [-0.25, -0.2) is 0 Å². The molecule has 1 aromatic heterocycles. The van der Waals surface area contributed by atoms with Crippen LogP contribution in [0.2, 0.25) is 0 Å². The zero-order valence-corrected chi connectivity index (χ0v) is 35.0. The minimum Gasteiger partial charge on any atom is -0.455 e. The number of hydrogen-bond donors (Lipinski definition) is 0. The summed E-state index contributed by atoms with van der Waals surface area (Å²) in [4.78, 5) is 2.34. The van der Waals surface area contributed by atoms with Crippen molar-refractivity contribution in [3.8, 4) is 55.6 Å². The maximum absolute atomic E-state index is 7.04. The van der Waals surface area contributed by atoms with Gasteiger partial charge in [0, 0.05) is 33.2 Å². The SMILES string of the molecule is c1ccc(-c2ccc(-c3cc(-c4ccc(N(c5ccc(-c6ccccc6)cc5)c5ccc(-c6ccccc6)cc5)cc4)cc4oc5c6ccccc6c6ccccc6c5c34)cc2)cc1. The first-order valence-corrected chi connectivity index (χ1v) is 21.9. The van der Waals surface area contributed by atoms with Crippen LogP contribution in [0.25, 0.3) is 99.1 Å². The fourth-order valence-electron chi connectivity index (χ4n) is 9.51. The van der Waals surface area contributed by atoms with Gasteiger partial charge in [0.05, 0.1) is 0 Å². The molecule has 0 saturated carbocycles. The molecule has 300 valence electrons. The summed E-state index contributed by atoms with van der Waals surface area (Å²) in [5.41, 5.74) is 16.7. The summed E-state index contributed by atoms with van der Waals surface area (Å²) in [5, 5.41) is 7.03. The third kappa shape index (κ3) is 6.61. The fraction of sp³-hybridized carbons (Fsp3) is 0. The van der Waals surface area contributed by atoms with Gasteiger partial charge < -0.3 is 9.32 Å². The van der Waals surface area contributed by atoms with E-state index >= 15 is 0 Å². The van der Waals surface area contributed by atoms with Crippen molar-refractivity contribution in [2.75, 3.05) is 4.90 Å². The number of benzene rings is 11. The Bertz CT molecular complexity index is 3510. The molecular formula is C62H41NO. The highest BCUT2D eigenvalue weighted by atomic mass is 16.3. The second kappa shape index (κ2) is 15.8. The van der Waals surface area contributed by atoms with Gasteiger partial charge in [-0.2, -0.15) is 0 Å². The zero-order valence-electron chi connectivity index (χ0n) is 35.0. The van der Waals surface area contributed by atoms with Crippen LogP contribution in [0.4, 0.5) is 17.1 Å². The second-order valence-electron chi connectivity index (χ2n) is 16.4. The van der Waals surface area contributed by atoms with Crippen molar-refractivity contribution >= 4 is 60.5 Å². The summed E-state index contributed by atoms with van der Waals surface area (Å²) in [7, 11) is 0. The lowest BCUT2D eigenvalue weighted by Gasteiger charge is -2.26. The lowest BCUT2D eigenvalue weighted by Crippen LogP contribution is -2.09. The summed E-state index contributed by atoms with van der Waals surface area (Å²) in [6.07, 6.45) is 0. The molecule has 2 nitrogen and oxygen atoms in total. The molecule has 0 spiro atoms. The highest BCUT2D eigenvalue weighted by molar-refractivity contribution is 6.32. The van der Waals surface area contributed by atoms with Crippen molar-refractivity contribution in [1.82, 2.24) is 0 Å². The van der Waals surface area contributed by atoms with Gasteiger partial charge in [-0.15, -0.1) is 0 Å². The van der Waals surface area contributed by atoms with Crippen LogP contribution in [-0.4, -0.2) is 0 Å². The molecule has 0 radical (unpaired) electrons. The Morgan fingerprint density at radius 3 is 1.06 bits per heavy atom. The van der Waals surface area contributed by atoms with Crippen molar-refractivity contribution in [2.45, 2.75) is 0 Å². The zero-order chi connectivity index (χ0) is 42.4. The maximum atomic E-state index is 7.04. The van der Waals surface area contributed by atoms with Gasteiger partial charge in [0.2, 0.25) is 0 Å². The number of hydrogen-bond acceptors (Lipinski definition) is 2. The van der Waals surface area contributed by atoms with Gasteiger partial charge in [-0.1, -0.05) is 200 Å². The van der Waals surface area contributed by atoms with Gasteiger partial charge in [0.1, 0.15) is 11.2 Å². The number of rotatable bonds is 8. The van der Waals surface area contributed by atoms with Crippen LogP contribution in [0.1, 0.15) is 0 Å². The Kier molecular flexibility index (Phi) is 9.20. The number of fused-ring (bicyclic) bond motifs is 8. The van der Waals surface area contributed by atoms with Crippen LogP contribution in [0.15, 0.2) is 253 Å². The second-order valence-corrected chi connectivity index (χ2v) is 16.4. The molecule has 2 heteroatoms. The summed E-state index contributed by atoms with van der Waals surface area (Å²) >= 11 is 0. The summed E-state index contributed by atoms with van der Waals surface area (Å²) in [6, 6.07) is 89.4. The Morgan fingerprint density at radius 2 is 0.594 bits per heavy atom.